The summed E-state index contributed by atoms with van der Waals surface area (Å²) in [5.74, 6) is -0.524. The summed E-state index contributed by atoms with van der Waals surface area (Å²) < 4.78 is 4.91. The predicted molar refractivity (Wildman–Crippen MR) is 69.0 cm³/mol. The van der Waals surface area contributed by atoms with Crippen molar-refractivity contribution in [1.29, 1.82) is 0 Å². The first kappa shape index (κ1) is 14.9. The largest absolute Gasteiger partial charge is 0.506 e. The lowest BCUT2D eigenvalue weighted by atomic mass is 10.1. The summed E-state index contributed by atoms with van der Waals surface area (Å²) in [6, 6.07) is 3.46. The number of nitro benzene ring substituents is 1. The van der Waals surface area contributed by atoms with Crippen molar-refractivity contribution in [2.24, 2.45) is 5.92 Å². The van der Waals surface area contributed by atoms with Crippen LogP contribution in [-0.4, -0.2) is 29.7 Å². The average Bonchev–Trinajstić information content (AvgIpc) is 2.31. The molecule has 0 aliphatic rings. The lowest BCUT2D eigenvalue weighted by Crippen LogP contribution is -2.17. The highest BCUT2D eigenvalue weighted by atomic mass is 16.6. The van der Waals surface area contributed by atoms with Crippen LogP contribution in [0.15, 0.2) is 18.2 Å². The predicted octanol–water partition coefficient (Wildman–Crippen LogP) is 1.91. The van der Waals surface area contributed by atoms with Gasteiger partial charge in [-0.3, -0.25) is 14.9 Å². The van der Waals surface area contributed by atoms with E-state index in [0.29, 0.717) is 6.61 Å². The highest BCUT2D eigenvalue weighted by Gasteiger charge is 2.14. The molecular weight excluding hydrogens is 252 g/mol. The summed E-state index contributed by atoms with van der Waals surface area (Å²) in [5, 5.41) is 22.6. The van der Waals surface area contributed by atoms with Gasteiger partial charge in [-0.05, 0) is 12.0 Å². The number of phenolic OH excluding ortho intramolecular Hbond substituents is 1. The van der Waals surface area contributed by atoms with E-state index in [1.54, 1.807) is 7.11 Å². The maximum absolute atomic E-state index is 11.7. The Balaban J connectivity index is 2.73. The second-order valence-electron chi connectivity index (χ2n) is 4.27. The number of hydrogen-bond donors (Lipinski definition) is 2. The number of amides is 1. The van der Waals surface area contributed by atoms with E-state index in [1.807, 2.05) is 6.92 Å². The van der Waals surface area contributed by atoms with Gasteiger partial charge >= 0.3 is 0 Å². The first-order valence-electron chi connectivity index (χ1n) is 5.70. The minimum absolute atomic E-state index is 0.0193. The van der Waals surface area contributed by atoms with Crippen molar-refractivity contribution < 1.29 is 19.6 Å². The number of carbonyl (C=O) groups is 1. The molecule has 19 heavy (non-hydrogen) atoms. The fourth-order valence-electron chi connectivity index (χ4n) is 1.60. The summed E-state index contributed by atoms with van der Waals surface area (Å²) in [4.78, 5) is 21.7. The van der Waals surface area contributed by atoms with Crippen LogP contribution >= 0.6 is 0 Å². The second kappa shape index (κ2) is 6.69. The van der Waals surface area contributed by atoms with E-state index >= 15 is 0 Å². The van der Waals surface area contributed by atoms with E-state index < -0.39 is 4.92 Å². The van der Waals surface area contributed by atoms with Crippen LogP contribution in [0.5, 0.6) is 5.75 Å². The number of nitro groups is 1. The van der Waals surface area contributed by atoms with Gasteiger partial charge in [0.25, 0.3) is 5.69 Å². The maximum Gasteiger partial charge on any atom is 0.271 e. The highest BCUT2D eigenvalue weighted by Crippen LogP contribution is 2.28. The molecule has 0 aromatic heterocycles. The number of anilines is 1. The number of hydrogen-bond acceptors (Lipinski definition) is 5. The Morgan fingerprint density at radius 1 is 1.58 bits per heavy atom. The number of methoxy groups -OCH3 is 1. The normalized spacial score (nSPS) is 11.9. The number of nitrogens with zero attached hydrogens (tertiary/aromatic N) is 1. The number of aromatic hydroxyl groups is 1. The zero-order chi connectivity index (χ0) is 14.4. The number of ether oxygens (including phenoxy) is 1. The number of non-ortho nitro benzene ring substituents is 1. The van der Waals surface area contributed by atoms with Crippen molar-refractivity contribution in [3.8, 4) is 5.75 Å². The minimum atomic E-state index is -0.595. The molecule has 1 unspecified atom stereocenters. The summed E-state index contributed by atoms with van der Waals surface area (Å²) in [6.45, 7) is 2.28. The Bertz CT molecular complexity index is 475. The standard InChI is InChI=1S/C12H16N2O5/c1-8(7-19-2)5-12(16)13-10-6-9(14(17)18)3-4-11(10)15/h3-4,6,8,15H,5,7H2,1-2H3,(H,13,16). The number of rotatable bonds is 6. The van der Waals surface area contributed by atoms with Crippen LogP contribution < -0.4 is 5.32 Å². The average molecular weight is 268 g/mol. The van der Waals surface area contributed by atoms with Crippen molar-refractivity contribution in [1.82, 2.24) is 0 Å². The minimum Gasteiger partial charge on any atom is -0.506 e. The van der Waals surface area contributed by atoms with Gasteiger partial charge in [0.15, 0.2) is 0 Å². The van der Waals surface area contributed by atoms with E-state index in [1.165, 1.54) is 12.1 Å². The van der Waals surface area contributed by atoms with Crippen molar-refractivity contribution in [3.05, 3.63) is 28.3 Å². The molecule has 0 bridgehead atoms. The van der Waals surface area contributed by atoms with Crippen LogP contribution in [0.3, 0.4) is 0 Å². The molecule has 2 N–H and O–H groups in total. The molecule has 0 fully saturated rings. The highest BCUT2D eigenvalue weighted by molar-refractivity contribution is 5.92. The van der Waals surface area contributed by atoms with Crippen LogP contribution in [-0.2, 0) is 9.53 Å². The third-order valence-corrected chi connectivity index (χ3v) is 2.45. The molecule has 7 heteroatoms. The molecule has 0 saturated heterocycles. The molecule has 104 valence electrons. The Hall–Kier alpha value is -2.15. The van der Waals surface area contributed by atoms with E-state index in [4.69, 9.17) is 4.74 Å². The van der Waals surface area contributed by atoms with Gasteiger partial charge in [-0.1, -0.05) is 6.92 Å². The summed E-state index contributed by atoms with van der Waals surface area (Å²) in [7, 11) is 1.54. The third kappa shape index (κ3) is 4.55. The fourth-order valence-corrected chi connectivity index (χ4v) is 1.60. The van der Waals surface area contributed by atoms with E-state index in [9.17, 15) is 20.0 Å². The molecule has 0 heterocycles. The number of benzene rings is 1. The summed E-state index contributed by atoms with van der Waals surface area (Å²) in [5.41, 5.74) is -0.165. The number of carbonyl (C=O) groups excluding carboxylic acids is 1. The first-order chi connectivity index (χ1) is 8.93. The van der Waals surface area contributed by atoms with E-state index in [-0.39, 0.29) is 35.4 Å². The van der Waals surface area contributed by atoms with E-state index in [0.717, 1.165) is 6.07 Å². The van der Waals surface area contributed by atoms with Gasteiger partial charge < -0.3 is 15.2 Å². The molecular formula is C12H16N2O5. The third-order valence-electron chi connectivity index (χ3n) is 2.45. The first-order valence-corrected chi connectivity index (χ1v) is 5.70. The van der Waals surface area contributed by atoms with Gasteiger partial charge in [0, 0.05) is 32.3 Å². The van der Waals surface area contributed by atoms with Crippen LogP contribution in [0, 0.1) is 16.0 Å². The van der Waals surface area contributed by atoms with Gasteiger partial charge in [-0.2, -0.15) is 0 Å². The van der Waals surface area contributed by atoms with Gasteiger partial charge in [0.1, 0.15) is 5.75 Å². The smallest absolute Gasteiger partial charge is 0.271 e. The van der Waals surface area contributed by atoms with E-state index in [2.05, 4.69) is 5.32 Å². The van der Waals surface area contributed by atoms with Crippen molar-refractivity contribution in [2.75, 3.05) is 19.0 Å². The lowest BCUT2D eigenvalue weighted by molar-refractivity contribution is -0.384. The van der Waals surface area contributed by atoms with Gasteiger partial charge in [-0.15, -0.1) is 0 Å². The Morgan fingerprint density at radius 3 is 2.84 bits per heavy atom. The molecule has 0 aliphatic carbocycles. The van der Waals surface area contributed by atoms with Crippen molar-refractivity contribution in [2.45, 2.75) is 13.3 Å². The topological polar surface area (TPSA) is 102 Å². The Labute approximate surface area is 110 Å². The SMILES string of the molecule is COCC(C)CC(=O)Nc1cc([N+](=O)[O-])ccc1O. The molecule has 1 aromatic carbocycles. The van der Waals surface area contributed by atoms with Crippen LogP contribution in [0.2, 0.25) is 0 Å². The monoisotopic (exact) mass is 268 g/mol. The molecule has 0 spiro atoms. The lowest BCUT2D eigenvalue weighted by Gasteiger charge is -2.11. The zero-order valence-electron chi connectivity index (χ0n) is 10.8. The van der Waals surface area contributed by atoms with Crippen LogP contribution in [0.4, 0.5) is 11.4 Å². The van der Waals surface area contributed by atoms with Gasteiger partial charge in [-0.25, -0.2) is 0 Å². The molecule has 0 saturated carbocycles. The number of nitrogens with one attached hydrogen (secondary N) is 1. The Kier molecular flexibility index (Phi) is 5.25. The molecule has 7 nitrogen and oxygen atoms in total. The van der Waals surface area contributed by atoms with Crippen LogP contribution in [0.1, 0.15) is 13.3 Å². The zero-order valence-corrected chi connectivity index (χ0v) is 10.8. The number of phenols is 1. The maximum atomic E-state index is 11.7. The molecule has 1 atom stereocenters. The second-order valence-corrected chi connectivity index (χ2v) is 4.27. The van der Waals surface area contributed by atoms with Gasteiger partial charge in [0.05, 0.1) is 10.6 Å². The fraction of sp³-hybridized carbons (Fsp3) is 0.417. The summed E-state index contributed by atoms with van der Waals surface area (Å²) >= 11 is 0. The molecule has 0 aliphatic heterocycles. The summed E-state index contributed by atoms with van der Waals surface area (Å²) in [6.07, 6.45) is 0.204. The molecule has 1 rings (SSSR count). The Morgan fingerprint density at radius 2 is 2.26 bits per heavy atom. The van der Waals surface area contributed by atoms with Crippen molar-refractivity contribution in [3.63, 3.8) is 0 Å². The molecule has 0 radical (unpaired) electrons. The molecule has 1 amide bonds. The van der Waals surface area contributed by atoms with Crippen LogP contribution in [0.25, 0.3) is 0 Å². The molecule has 1 aromatic rings. The van der Waals surface area contributed by atoms with Crippen molar-refractivity contribution >= 4 is 17.3 Å². The van der Waals surface area contributed by atoms with Gasteiger partial charge in [0.2, 0.25) is 5.91 Å². The quantitative estimate of drug-likeness (QED) is 0.466.